The summed E-state index contributed by atoms with van der Waals surface area (Å²) in [6, 6.07) is 8.04. The van der Waals surface area contributed by atoms with E-state index >= 15 is 0 Å². The molecule has 0 spiro atoms. The molecule has 2 atom stereocenters. The summed E-state index contributed by atoms with van der Waals surface area (Å²) < 4.78 is 30.0. The number of aromatic nitrogens is 3. The molecular formula is C20H22FN5O3. The van der Waals surface area contributed by atoms with E-state index in [9.17, 15) is 4.39 Å². The van der Waals surface area contributed by atoms with E-state index in [1.807, 2.05) is 13.8 Å². The zero-order chi connectivity index (χ0) is 20.4. The van der Waals surface area contributed by atoms with Gasteiger partial charge in [-0.2, -0.15) is 4.98 Å². The SMILES string of the molecule is COc1ccc(-c2cc(Nc3ccnc(N4C[C@@H](C)O[C@@H](C)C4)n3)on2)cc1F. The number of ether oxygens (including phenoxy) is 2. The third kappa shape index (κ3) is 4.29. The van der Waals surface area contributed by atoms with E-state index < -0.39 is 5.82 Å². The number of halogens is 1. The molecule has 8 nitrogen and oxygen atoms in total. The van der Waals surface area contributed by atoms with Crippen molar-refractivity contribution in [2.75, 3.05) is 30.4 Å². The minimum Gasteiger partial charge on any atom is -0.494 e. The van der Waals surface area contributed by atoms with Gasteiger partial charge in [-0.1, -0.05) is 5.16 Å². The van der Waals surface area contributed by atoms with E-state index in [1.54, 1.807) is 30.5 Å². The van der Waals surface area contributed by atoms with Gasteiger partial charge in [-0.3, -0.25) is 0 Å². The van der Waals surface area contributed by atoms with E-state index in [0.29, 0.717) is 28.9 Å². The average molecular weight is 399 g/mol. The first-order valence-electron chi connectivity index (χ1n) is 9.33. The lowest BCUT2D eigenvalue weighted by Gasteiger charge is -2.35. The van der Waals surface area contributed by atoms with E-state index in [0.717, 1.165) is 13.1 Å². The van der Waals surface area contributed by atoms with Crippen LogP contribution in [0.4, 0.5) is 22.0 Å². The number of morpholine rings is 1. The predicted molar refractivity (Wildman–Crippen MR) is 106 cm³/mol. The Hall–Kier alpha value is -3.20. The monoisotopic (exact) mass is 399 g/mol. The zero-order valence-corrected chi connectivity index (χ0v) is 16.4. The van der Waals surface area contributed by atoms with E-state index in [-0.39, 0.29) is 18.0 Å². The van der Waals surface area contributed by atoms with Crippen LogP contribution in [0.25, 0.3) is 11.3 Å². The van der Waals surface area contributed by atoms with Crippen LogP contribution >= 0.6 is 0 Å². The summed E-state index contributed by atoms with van der Waals surface area (Å²) >= 11 is 0. The van der Waals surface area contributed by atoms with Crippen LogP contribution in [0.3, 0.4) is 0 Å². The molecule has 1 N–H and O–H groups in total. The minimum absolute atomic E-state index is 0.112. The highest BCUT2D eigenvalue weighted by Gasteiger charge is 2.24. The molecule has 1 fully saturated rings. The lowest BCUT2D eigenvalue weighted by Crippen LogP contribution is -2.46. The lowest BCUT2D eigenvalue weighted by atomic mass is 10.1. The number of hydrogen-bond donors (Lipinski definition) is 1. The summed E-state index contributed by atoms with van der Waals surface area (Å²) in [6.45, 7) is 5.51. The molecule has 3 aromatic rings. The molecule has 0 aliphatic carbocycles. The summed E-state index contributed by atoms with van der Waals surface area (Å²) in [5.41, 5.74) is 1.08. The van der Waals surface area contributed by atoms with Gasteiger partial charge in [0.2, 0.25) is 11.8 Å². The van der Waals surface area contributed by atoms with Gasteiger partial charge in [-0.25, -0.2) is 9.37 Å². The normalized spacial score (nSPS) is 19.2. The Labute approximate surface area is 167 Å². The average Bonchev–Trinajstić information content (AvgIpc) is 3.16. The second-order valence-corrected chi connectivity index (χ2v) is 6.95. The summed E-state index contributed by atoms with van der Waals surface area (Å²) in [5.74, 6) is 1.30. The van der Waals surface area contributed by atoms with Crippen molar-refractivity contribution in [3.05, 3.63) is 42.3 Å². The maximum absolute atomic E-state index is 13.9. The van der Waals surface area contributed by atoms with Gasteiger partial charge in [-0.15, -0.1) is 0 Å². The summed E-state index contributed by atoms with van der Waals surface area (Å²) in [6.07, 6.45) is 1.91. The quantitative estimate of drug-likeness (QED) is 0.696. The highest BCUT2D eigenvalue weighted by atomic mass is 19.1. The molecule has 152 valence electrons. The molecular weight excluding hydrogens is 377 g/mol. The van der Waals surface area contributed by atoms with Crippen LogP contribution in [0.15, 0.2) is 41.1 Å². The maximum atomic E-state index is 13.9. The molecule has 4 rings (SSSR count). The van der Waals surface area contributed by atoms with Gasteiger partial charge in [-0.05, 0) is 38.1 Å². The van der Waals surface area contributed by atoms with Crippen molar-refractivity contribution in [1.29, 1.82) is 0 Å². The zero-order valence-electron chi connectivity index (χ0n) is 16.4. The summed E-state index contributed by atoms with van der Waals surface area (Å²) in [7, 11) is 1.42. The predicted octanol–water partition coefficient (Wildman–Crippen LogP) is 3.64. The third-order valence-electron chi connectivity index (χ3n) is 4.55. The molecule has 0 amide bonds. The first-order chi connectivity index (χ1) is 14.0. The van der Waals surface area contributed by atoms with Gasteiger partial charge >= 0.3 is 0 Å². The minimum atomic E-state index is -0.461. The number of nitrogens with one attached hydrogen (secondary N) is 1. The van der Waals surface area contributed by atoms with E-state index in [1.165, 1.54) is 13.2 Å². The number of anilines is 3. The molecule has 2 aromatic heterocycles. The van der Waals surface area contributed by atoms with E-state index in [2.05, 4.69) is 25.3 Å². The first kappa shape index (κ1) is 19.1. The van der Waals surface area contributed by atoms with Gasteiger partial charge in [0.05, 0.1) is 19.3 Å². The highest BCUT2D eigenvalue weighted by Crippen LogP contribution is 2.28. The van der Waals surface area contributed by atoms with Crippen molar-refractivity contribution >= 4 is 17.7 Å². The van der Waals surface area contributed by atoms with Crippen LogP contribution in [0.2, 0.25) is 0 Å². The first-order valence-corrected chi connectivity index (χ1v) is 9.33. The fraction of sp³-hybridized carbons (Fsp3) is 0.350. The molecule has 1 aliphatic heterocycles. The maximum Gasteiger partial charge on any atom is 0.230 e. The Kier molecular flexibility index (Phi) is 5.30. The van der Waals surface area contributed by atoms with Gasteiger partial charge in [0, 0.05) is 30.9 Å². The second kappa shape index (κ2) is 8.04. The highest BCUT2D eigenvalue weighted by molar-refractivity contribution is 5.64. The van der Waals surface area contributed by atoms with Crippen molar-refractivity contribution in [2.45, 2.75) is 26.1 Å². The number of rotatable bonds is 5. The van der Waals surface area contributed by atoms with Crippen molar-refractivity contribution in [3.8, 4) is 17.0 Å². The molecule has 0 radical (unpaired) electrons. The largest absolute Gasteiger partial charge is 0.494 e. The fourth-order valence-corrected chi connectivity index (χ4v) is 3.33. The molecule has 0 bridgehead atoms. The Balaban J connectivity index is 1.50. The lowest BCUT2D eigenvalue weighted by molar-refractivity contribution is -0.00571. The molecule has 1 aromatic carbocycles. The smallest absolute Gasteiger partial charge is 0.230 e. The molecule has 29 heavy (non-hydrogen) atoms. The van der Waals surface area contributed by atoms with Gasteiger partial charge in [0.25, 0.3) is 0 Å². The van der Waals surface area contributed by atoms with Crippen LogP contribution < -0.4 is 15.0 Å². The van der Waals surface area contributed by atoms with Crippen LogP contribution in [0.1, 0.15) is 13.8 Å². The van der Waals surface area contributed by atoms with Gasteiger partial charge in [0.1, 0.15) is 11.5 Å². The molecule has 1 aliphatic rings. The van der Waals surface area contributed by atoms with Crippen LogP contribution in [-0.2, 0) is 4.74 Å². The standard InChI is InChI=1S/C20H22FN5O3/c1-12-10-26(11-13(2)28-12)20-22-7-6-18(24-20)23-19-9-16(25-29-19)14-4-5-17(27-3)15(21)8-14/h4-9,12-13H,10-11H2,1-3H3,(H,22,23,24)/t12-,13+. The fourth-order valence-electron chi connectivity index (χ4n) is 3.33. The van der Waals surface area contributed by atoms with Crippen molar-refractivity contribution in [3.63, 3.8) is 0 Å². The molecule has 0 saturated carbocycles. The van der Waals surface area contributed by atoms with Crippen molar-refractivity contribution in [1.82, 2.24) is 15.1 Å². The van der Waals surface area contributed by atoms with Gasteiger partial charge in [0.15, 0.2) is 11.6 Å². The number of methoxy groups -OCH3 is 1. The van der Waals surface area contributed by atoms with Crippen LogP contribution in [0.5, 0.6) is 5.75 Å². The molecule has 1 saturated heterocycles. The molecule has 3 heterocycles. The number of nitrogens with zero attached hydrogens (tertiary/aromatic N) is 4. The Morgan fingerprint density at radius 1 is 1.17 bits per heavy atom. The number of benzene rings is 1. The Morgan fingerprint density at radius 3 is 2.69 bits per heavy atom. The van der Waals surface area contributed by atoms with Crippen molar-refractivity contribution in [2.24, 2.45) is 0 Å². The van der Waals surface area contributed by atoms with Crippen molar-refractivity contribution < 1.29 is 18.4 Å². The molecule has 9 heteroatoms. The van der Waals surface area contributed by atoms with Crippen LogP contribution in [-0.4, -0.2) is 47.5 Å². The topological polar surface area (TPSA) is 85.5 Å². The van der Waals surface area contributed by atoms with Gasteiger partial charge < -0.3 is 24.2 Å². The number of hydrogen-bond acceptors (Lipinski definition) is 8. The Morgan fingerprint density at radius 2 is 1.97 bits per heavy atom. The second-order valence-electron chi connectivity index (χ2n) is 6.95. The summed E-state index contributed by atoms with van der Waals surface area (Å²) in [5, 5.41) is 7.07. The molecule has 0 unspecified atom stereocenters. The van der Waals surface area contributed by atoms with Crippen LogP contribution in [0, 0.1) is 5.82 Å². The summed E-state index contributed by atoms with van der Waals surface area (Å²) in [4.78, 5) is 11.0. The van der Waals surface area contributed by atoms with E-state index in [4.69, 9.17) is 14.0 Å². The Bertz CT molecular complexity index is 986. The third-order valence-corrected chi connectivity index (χ3v) is 4.55.